The van der Waals surface area contributed by atoms with Crippen molar-refractivity contribution in [2.75, 3.05) is 0 Å². The summed E-state index contributed by atoms with van der Waals surface area (Å²) in [6.45, 7) is 20.6. The lowest BCUT2D eigenvalue weighted by atomic mass is 9.79. The van der Waals surface area contributed by atoms with E-state index >= 15 is 0 Å². The molecule has 1 aromatic carbocycles. The van der Waals surface area contributed by atoms with Crippen molar-refractivity contribution in [1.29, 1.82) is 0 Å². The van der Waals surface area contributed by atoms with E-state index in [1.54, 1.807) is 0 Å². The van der Waals surface area contributed by atoms with E-state index in [0.29, 0.717) is 17.7 Å². The lowest BCUT2D eigenvalue weighted by molar-refractivity contribution is 0.379. The van der Waals surface area contributed by atoms with Crippen LogP contribution in [0, 0.1) is 5.92 Å². The standard InChI is InChI=1S/C21H37NO/c1-10-18(14(2)3)22-13-15-11-16(20(4,5)6)12-17(19(15)23)21(7,8)9/h11-12,14,18,22-23H,10,13H2,1-9H3/t18-/m1/s1. The maximum atomic E-state index is 10.8. The Morgan fingerprint density at radius 1 is 1.00 bits per heavy atom. The average molecular weight is 320 g/mol. The van der Waals surface area contributed by atoms with E-state index in [-0.39, 0.29) is 10.8 Å². The summed E-state index contributed by atoms with van der Waals surface area (Å²) in [6, 6.07) is 4.83. The molecule has 0 aromatic heterocycles. The number of benzene rings is 1. The van der Waals surface area contributed by atoms with Crippen LogP contribution in [0.15, 0.2) is 12.1 Å². The van der Waals surface area contributed by atoms with Crippen LogP contribution in [0.5, 0.6) is 5.75 Å². The molecular formula is C21H37NO. The van der Waals surface area contributed by atoms with Gasteiger partial charge in [0.2, 0.25) is 0 Å². The zero-order valence-electron chi connectivity index (χ0n) is 16.7. The molecule has 2 heteroatoms. The van der Waals surface area contributed by atoms with Crippen molar-refractivity contribution in [3.63, 3.8) is 0 Å². The Balaban J connectivity index is 3.25. The molecule has 0 unspecified atom stereocenters. The predicted octanol–water partition coefficient (Wildman–Crippen LogP) is 5.51. The van der Waals surface area contributed by atoms with Gasteiger partial charge < -0.3 is 10.4 Å². The highest BCUT2D eigenvalue weighted by Crippen LogP contribution is 2.37. The Morgan fingerprint density at radius 3 is 1.96 bits per heavy atom. The second-order valence-electron chi connectivity index (χ2n) is 9.17. The highest BCUT2D eigenvalue weighted by molar-refractivity contribution is 5.48. The fourth-order valence-corrected chi connectivity index (χ4v) is 2.93. The molecule has 1 rings (SSSR count). The molecule has 0 saturated heterocycles. The van der Waals surface area contributed by atoms with Gasteiger partial charge in [-0.05, 0) is 34.3 Å². The fraction of sp³-hybridized carbons (Fsp3) is 0.714. The first kappa shape index (κ1) is 20.0. The molecule has 23 heavy (non-hydrogen) atoms. The third-order valence-corrected chi connectivity index (χ3v) is 4.66. The third kappa shape index (κ3) is 5.24. The van der Waals surface area contributed by atoms with Gasteiger partial charge >= 0.3 is 0 Å². The van der Waals surface area contributed by atoms with Gasteiger partial charge in [0.05, 0.1) is 0 Å². The summed E-state index contributed by atoms with van der Waals surface area (Å²) >= 11 is 0. The van der Waals surface area contributed by atoms with Crippen LogP contribution in [0.1, 0.15) is 85.4 Å². The van der Waals surface area contributed by atoms with Gasteiger partial charge in [-0.2, -0.15) is 0 Å². The van der Waals surface area contributed by atoms with Crippen LogP contribution in [-0.2, 0) is 17.4 Å². The quantitative estimate of drug-likeness (QED) is 0.750. The first-order valence-corrected chi connectivity index (χ1v) is 8.98. The number of aromatic hydroxyl groups is 1. The normalized spacial score (nSPS) is 14.3. The minimum atomic E-state index is -0.0672. The van der Waals surface area contributed by atoms with Crippen molar-refractivity contribution in [3.05, 3.63) is 28.8 Å². The summed E-state index contributed by atoms with van der Waals surface area (Å²) in [6.07, 6.45) is 1.10. The van der Waals surface area contributed by atoms with E-state index in [4.69, 9.17) is 0 Å². The molecule has 1 aromatic rings. The number of nitrogens with one attached hydrogen (secondary N) is 1. The smallest absolute Gasteiger partial charge is 0.123 e. The number of hydrogen-bond acceptors (Lipinski definition) is 2. The fourth-order valence-electron chi connectivity index (χ4n) is 2.93. The summed E-state index contributed by atoms with van der Waals surface area (Å²) in [4.78, 5) is 0. The van der Waals surface area contributed by atoms with E-state index < -0.39 is 0 Å². The Hall–Kier alpha value is -1.02. The molecule has 0 radical (unpaired) electrons. The summed E-state index contributed by atoms with van der Waals surface area (Å²) in [5.74, 6) is 1.05. The second-order valence-corrected chi connectivity index (χ2v) is 9.17. The second kappa shape index (κ2) is 7.25. The molecule has 0 amide bonds. The van der Waals surface area contributed by atoms with Gasteiger partial charge in [-0.3, -0.25) is 0 Å². The van der Waals surface area contributed by atoms with E-state index in [1.807, 2.05) is 0 Å². The zero-order valence-corrected chi connectivity index (χ0v) is 16.7. The summed E-state index contributed by atoms with van der Waals surface area (Å²) in [5.41, 5.74) is 3.35. The first-order valence-electron chi connectivity index (χ1n) is 8.98. The third-order valence-electron chi connectivity index (χ3n) is 4.66. The van der Waals surface area contributed by atoms with Crippen LogP contribution in [0.25, 0.3) is 0 Å². The molecule has 0 fully saturated rings. The van der Waals surface area contributed by atoms with Crippen LogP contribution < -0.4 is 5.32 Å². The topological polar surface area (TPSA) is 32.3 Å². The van der Waals surface area contributed by atoms with Crippen LogP contribution in [0.3, 0.4) is 0 Å². The Bertz CT molecular complexity index is 518. The summed E-state index contributed by atoms with van der Waals surface area (Å²) < 4.78 is 0. The minimum Gasteiger partial charge on any atom is -0.507 e. The largest absolute Gasteiger partial charge is 0.507 e. The molecule has 2 nitrogen and oxygen atoms in total. The van der Waals surface area contributed by atoms with Crippen LogP contribution in [0.2, 0.25) is 0 Å². The number of phenolic OH excluding ortho intramolecular Hbond substituents is 1. The maximum Gasteiger partial charge on any atom is 0.123 e. The van der Waals surface area contributed by atoms with Gasteiger partial charge in [-0.15, -0.1) is 0 Å². The lowest BCUT2D eigenvalue weighted by Gasteiger charge is -2.28. The summed E-state index contributed by atoms with van der Waals surface area (Å²) in [5, 5.41) is 14.4. The van der Waals surface area contributed by atoms with Gasteiger partial charge in [0.25, 0.3) is 0 Å². The Morgan fingerprint density at radius 2 is 1.57 bits per heavy atom. The molecule has 0 saturated carbocycles. The molecule has 0 aliphatic carbocycles. The van der Waals surface area contributed by atoms with Gasteiger partial charge in [0, 0.05) is 18.2 Å². The highest BCUT2D eigenvalue weighted by atomic mass is 16.3. The van der Waals surface area contributed by atoms with Crippen molar-refractivity contribution >= 4 is 0 Å². The van der Waals surface area contributed by atoms with Crippen molar-refractivity contribution in [2.45, 2.75) is 92.2 Å². The van der Waals surface area contributed by atoms with Crippen LogP contribution in [0.4, 0.5) is 0 Å². The molecule has 2 N–H and O–H groups in total. The molecule has 1 atom stereocenters. The number of phenols is 1. The van der Waals surface area contributed by atoms with Gasteiger partial charge in [0.15, 0.2) is 0 Å². The van der Waals surface area contributed by atoms with E-state index in [9.17, 15) is 5.11 Å². The zero-order chi connectivity index (χ0) is 18.0. The predicted molar refractivity (Wildman–Crippen MR) is 101 cm³/mol. The molecular weight excluding hydrogens is 282 g/mol. The first-order chi connectivity index (χ1) is 10.4. The van der Waals surface area contributed by atoms with Crippen molar-refractivity contribution in [2.24, 2.45) is 5.92 Å². The van der Waals surface area contributed by atoms with Crippen LogP contribution >= 0.6 is 0 Å². The number of hydrogen-bond donors (Lipinski definition) is 2. The van der Waals surface area contributed by atoms with E-state index in [0.717, 1.165) is 24.1 Å². The monoisotopic (exact) mass is 319 g/mol. The highest BCUT2D eigenvalue weighted by Gasteiger charge is 2.25. The SMILES string of the molecule is CC[C@@H](NCc1cc(C(C)(C)C)cc(C(C)(C)C)c1O)C(C)C. The average Bonchev–Trinajstić information content (AvgIpc) is 2.37. The molecule has 132 valence electrons. The molecule has 0 aliphatic rings. The van der Waals surface area contributed by atoms with Crippen molar-refractivity contribution in [3.8, 4) is 5.75 Å². The molecule has 0 spiro atoms. The Labute approximate surface area is 143 Å². The molecule has 0 bridgehead atoms. The van der Waals surface area contributed by atoms with Gasteiger partial charge in [0.1, 0.15) is 5.75 Å². The van der Waals surface area contributed by atoms with E-state index in [1.165, 1.54) is 5.56 Å². The number of rotatable bonds is 5. The minimum absolute atomic E-state index is 0.0672. The van der Waals surface area contributed by atoms with Gasteiger partial charge in [-0.1, -0.05) is 74.4 Å². The van der Waals surface area contributed by atoms with Crippen molar-refractivity contribution < 1.29 is 5.11 Å². The summed E-state index contributed by atoms with van der Waals surface area (Å²) in [7, 11) is 0. The van der Waals surface area contributed by atoms with E-state index in [2.05, 4.69) is 79.8 Å². The Kier molecular flexibility index (Phi) is 6.32. The van der Waals surface area contributed by atoms with Crippen LogP contribution in [-0.4, -0.2) is 11.1 Å². The van der Waals surface area contributed by atoms with Crippen molar-refractivity contribution in [1.82, 2.24) is 5.32 Å². The molecule has 0 aliphatic heterocycles. The maximum absolute atomic E-state index is 10.8. The van der Waals surface area contributed by atoms with Gasteiger partial charge in [-0.25, -0.2) is 0 Å². The lowest BCUT2D eigenvalue weighted by Crippen LogP contribution is -2.33. The molecule has 0 heterocycles.